The molecule has 0 aromatic carbocycles. The van der Waals surface area contributed by atoms with E-state index in [1.165, 1.54) is 12.1 Å². The summed E-state index contributed by atoms with van der Waals surface area (Å²) in [5.41, 5.74) is -0.0955. The number of hydrogen-bond acceptors (Lipinski definition) is 6. The van der Waals surface area contributed by atoms with E-state index in [1.807, 2.05) is 0 Å². The van der Waals surface area contributed by atoms with Crippen LogP contribution in [0.3, 0.4) is 0 Å². The Kier molecular flexibility index (Phi) is 4.96. The summed E-state index contributed by atoms with van der Waals surface area (Å²) in [7, 11) is 0. The minimum absolute atomic E-state index is 0.0921. The summed E-state index contributed by atoms with van der Waals surface area (Å²) in [6.07, 6.45) is -5.03. The Hall–Kier alpha value is -1.75. The zero-order chi connectivity index (χ0) is 18.2. The second kappa shape index (κ2) is 6.87. The van der Waals surface area contributed by atoms with Crippen molar-refractivity contribution in [2.45, 2.75) is 6.18 Å². The van der Waals surface area contributed by atoms with E-state index < -0.39 is 22.7 Å². The molecule has 0 bridgehead atoms. The van der Waals surface area contributed by atoms with Gasteiger partial charge in [0.2, 0.25) is 0 Å². The third kappa shape index (κ3) is 3.92. The van der Waals surface area contributed by atoms with E-state index in [0.29, 0.717) is 20.6 Å². The maximum Gasteiger partial charge on any atom is 0.455 e. The first kappa shape index (κ1) is 18.1. The number of nitrogens with one attached hydrogen (secondary N) is 1. The number of carbonyl (C=O) groups excluding carboxylic acids is 2. The molecule has 0 aliphatic rings. The van der Waals surface area contributed by atoms with Crippen molar-refractivity contribution < 1.29 is 22.8 Å². The molecule has 0 fully saturated rings. The van der Waals surface area contributed by atoms with Gasteiger partial charge in [0, 0.05) is 0 Å². The van der Waals surface area contributed by atoms with Gasteiger partial charge in [-0.3, -0.25) is 14.9 Å². The molecule has 3 aromatic heterocycles. The van der Waals surface area contributed by atoms with Crippen molar-refractivity contribution >= 4 is 62.4 Å². The first-order valence-corrected chi connectivity index (χ1v) is 9.37. The maximum absolute atomic E-state index is 12.8. The van der Waals surface area contributed by atoms with E-state index in [0.717, 1.165) is 22.7 Å². The molecule has 1 amide bonds. The molecular weight excluding hydrogens is 417 g/mol. The predicted octanol–water partition coefficient (Wildman–Crippen LogP) is 5.58. The number of carbonyl (C=O) groups is 2. The van der Waals surface area contributed by atoms with Gasteiger partial charge in [-0.1, -0.05) is 29.0 Å². The summed E-state index contributed by atoms with van der Waals surface area (Å²) in [5.74, 6) is -2.55. The van der Waals surface area contributed by atoms with Gasteiger partial charge < -0.3 is 0 Å². The van der Waals surface area contributed by atoms with Gasteiger partial charge in [0.05, 0.1) is 14.1 Å². The third-order valence-electron chi connectivity index (χ3n) is 2.86. The van der Waals surface area contributed by atoms with Crippen LogP contribution >= 0.6 is 45.6 Å². The second-order valence-corrected chi connectivity index (χ2v) is 8.22. The molecule has 0 saturated heterocycles. The van der Waals surface area contributed by atoms with Gasteiger partial charge in [-0.2, -0.15) is 13.2 Å². The summed E-state index contributed by atoms with van der Waals surface area (Å²) >= 11 is 8.41. The number of rotatable bonds is 4. The summed E-state index contributed by atoms with van der Waals surface area (Å²) in [6.45, 7) is 0. The molecule has 130 valence electrons. The van der Waals surface area contributed by atoms with E-state index in [9.17, 15) is 22.8 Å². The number of Topliss-reactive ketones (excluding diaryl/α,β-unsaturated/α-hetero) is 1. The Bertz CT molecular complexity index is 932. The first-order chi connectivity index (χ1) is 11.8. The van der Waals surface area contributed by atoms with Crippen LogP contribution in [0.1, 0.15) is 19.3 Å². The zero-order valence-corrected chi connectivity index (χ0v) is 15.1. The Morgan fingerprint density at radius 1 is 1.16 bits per heavy atom. The normalized spacial score (nSPS) is 11.5. The van der Waals surface area contributed by atoms with E-state index in [4.69, 9.17) is 11.6 Å². The van der Waals surface area contributed by atoms with Gasteiger partial charge in [0.15, 0.2) is 5.13 Å². The number of amides is 1. The minimum Gasteiger partial charge on any atom is -0.297 e. The standard InChI is InChI=1S/C14H6ClF3N2O2S3/c15-8-4-3-7(24-8)12(22)20-13-19-9(6-2-1-5-23-6)10(25-13)11(21)14(16,17)18/h1-5H,(H,19,20,22). The van der Waals surface area contributed by atoms with Crippen molar-refractivity contribution in [3.05, 3.63) is 43.7 Å². The molecule has 0 saturated carbocycles. The lowest BCUT2D eigenvalue weighted by molar-refractivity contribution is -0.0882. The minimum atomic E-state index is -5.03. The topological polar surface area (TPSA) is 59.1 Å². The van der Waals surface area contributed by atoms with Crippen LogP contribution in [0.4, 0.5) is 18.3 Å². The van der Waals surface area contributed by atoms with Crippen LogP contribution in [0.25, 0.3) is 10.6 Å². The van der Waals surface area contributed by atoms with Crippen LogP contribution < -0.4 is 5.32 Å². The van der Waals surface area contributed by atoms with Crippen molar-refractivity contribution in [2.24, 2.45) is 0 Å². The highest BCUT2D eigenvalue weighted by Crippen LogP contribution is 2.37. The van der Waals surface area contributed by atoms with Crippen LogP contribution in [-0.2, 0) is 0 Å². The van der Waals surface area contributed by atoms with Crippen LogP contribution in [0.15, 0.2) is 29.6 Å². The van der Waals surface area contributed by atoms with Gasteiger partial charge >= 0.3 is 6.18 Å². The number of anilines is 1. The van der Waals surface area contributed by atoms with E-state index >= 15 is 0 Å². The molecule has 0 spiro atoms. The molecule has 0 atom stereocenters. The molecule has 4 nitrogen and oxygen atoms in total. The highest BCUT2D eigenvalue weighted by atomic mass is 35.5. The number of halogens is 4. The number of thiophene rings is 2. The van der Waals surface area contributed by atoms with Crippen LogP contribution in [0.2, 0.25) is 4.34 Å². The maximum atomic E-state index is 12.8. The average Bonchev–Trinajstić information content (AvgIpc) is 3.24. The fraction of sp³-hybridized carbons (Fsp3) is 0.0714. The molecule has 0 aliphatic heterocycles. The fourth-order valence-corrected chi connectivity index (χ4v) is 4.49. The molecule has 25 heavy (non-hydrogen) atoms. The number of alkyl halides is 3. The lowest BCUT2D eigenvalue weighted by Gasteiger charge is -2.03. The number of ketones is 1. The van der Waals surface area contributed by atoms with Crippen LogP contribution in [0.5, 0.6) is 0 Å². The number of hydrogen-bond donors (Lipinski definition) is 1. The first-order valence-electron chi connectivity index (χ1n) is 6.48. The largest absolute Gasteiger partial charge is 0.455 e. The van der Waals surface area contributed by atoms with Crippen molar-refractivity contribution in [2.75, 3.05) is 5.32 Å². The lowest BCUT2D eigenvalue weighted by atomic mass is 10.2. The molecule has 0 unspecified atom stereocenters. The summed E-state index contributed by atoms with van der Waals surface area (Å²) in [6, 6.07) is 6.20. The highest BCUT2D eigenvalue weighted by molar-refractivity contribution is 7.20. The molecular formula is C14H6ClF3N2O2S3. The SMILES string of the molecule is O=C(Nc1nc(-c2cccs2)c(C(=O)C(F)(F)F)s1)c1ccc(Cl)s1. The van der Waals surface area contributed by atoms with Gasteiger partial charge in [-0.05, 0) is 23.6 Å². The molecule has 1 N–H and O–H groups in total. The average molecular weight is 423 g/mol. The number of aromatic nitrogens is 1. The quantitative estimate of drug-likeness (QED) is 0.558. The Balaban J connectivity index is 1.96. The Labute approximate surface area is 155 Å². The van der Waals surface area contributed by atoms with Crippen molar-refractivity contribution in [3.63, 3.8) is 0 Å². The Morgan fingerprint density at radius 3 is 2.48 bits per heavy atom. The molecule has 0 radical (unpaired) electrons. The third-order valence-corrected chi connectivity index (χ3v) is 5.94. The lowest BCUT2D eigenvalue weighted by Crippen LogP contribution is -2.22. The molecule has 0 aliphatic carbocycles. The number of thiazole rings is 1. The van der Waals surface area contributed by atoms with E-state index in [1.54, 1.807) is 17.5 Å². The fourth-order valence-electron chi connectivity index (χ4n) is 1.83. The van der Waals surface area contributed by atoms with Gasteiger partial charge in [0.25, 0.3) is 11.7 Å². The summed E-state index contributed by atoms with van der Waals surface area (Å²) in [5, 5.41) is 3.97. The molecule has 11 heteroatoms. The molecule has 3 rings (SSSR count). The van der Waals surface area contributed by atoms with E-state index in [2.05, 4.69) is 10.3 Å². The monoisotopic (exact) mass is 422 g/mol. The van der Waals surface area contributed by atoms with Crippen LogP contribution in [-0.4, -0.2) is 22.9 Å². The summed E-state index contributed by atoms with van der Waals surface area (Å²) < 4.78 is 38.9. The van der Waals surface area contributed by atoms with Crippen LogP contribution in [0, 0.1) is 0 Å². The second-order valence-electron chi connectivity index (χ2n) is 4.56. The number of nitrogens with zero attached hydrogens (tertiary/aromatic N) is 1. The van der Waals surface area contributed by atoms with Gasteiger partial charge in [-0.25, -0.2) is 4.98 Å². The van der Waals surface area contributed by atoms with Crippen molar-refractivity contribution in [1.29, 1.82) is 0 Å². The highest BCUT2D eigenvalue weighted by Gasteiger charge is 2.42. The summed E-state index contributed by atoms with van der Waals surface area (Å²) in [4.78, 5) is 27.9. The van der Waals surface area contributed by atoms with E-state index in [-0.39, 0.29) is 15.7 Å². The zero-order valence-electron chi connectivity index (χ0n) is 11.9. The van der Waals surface area contributed by atoms with Crippen molar-refractivity contribution in [3.8, 4) is 10.6 Å². The smallest absolute Gasteiger partial charge is 0.297 e. The van der Waals surface area contributed by atoms with Crippen molar-refractivity contribution in [1.82, 2.24) is 4.98 Å². The Morgan fingerprint density at radius 2 is 1.92 bits per heavy atom. The molecule has 3 aromatic rings. The molecule has 3 heterocycles. The van der Waals surface area contributed by atoms with Gasteiger partial charge in [0.1, 0.15) is 10.6 Å². The predicted molar refractivity (Wildman–Crippen MR) is 93.1 cm³/mol. The van der Waals surface area contributed by atoms with Gasteiger partial charge in [-0.15, -0.1) is 22.7 Å².